The molecule has 2 rings (SSSR count). The van der Waals surface area contributed by atoms with Crippen molar-refractivity contribution in [2.24, 2.45) is 0 Å². The van der Waals surface area contributed by atoms with Crippen molar-refractivity contribution in [1.82, 2.24) is 14.8 Å². The Morgan fingerprint density at radius 1 is 1.33 bits per heavy atom. The zero-order valence-corrected chi connectivity index (χ0v) is 13.0. The van der Waals surface area contributed by atoms with Gasteiger partial charge in [0.25, 0.3) is 0 Å². The molecule has 0 fully saturated rings. The standard InChI is InChI=1S/C12H12Br2FN3/c1-2-5-18-11(7-13)16-17-12(18)8-3-4-10(15)9(14)6-8/h3-4,6H,2,5,7H2,1H3. The number of hydrogen-bond acceptors (Lipinski definition) is 2. The molecule has 2 aromatic rings. The van der Waals surface area contributed by atoms with E-state index in [2.05, 4.69) is 53.5 Å². The molecule has 6 heteroatoms. The monoisotopic (exact) mass is 375 g/mol. The van der Waals surface area contributed by atoms with Crippen LogP contribution in [0.2, 0.25) is 0 Å². The van der Waals surface area contributed by atoms with Gasteiger partial charge in [-0.25, -0.2) is 4.39 Å². The number of nitrogens with zero attached hydrogens (tertiary/aromatic N) is 3. The van der Waals surface area contributed by atoms with Gasteiger partial charge < -0.3 is 4.57 Å². The molecular weight excluding hydrogens is 365 g/mol. The van der Waals surface area contributed by atoms with E-state index in [1.54, 1.807) is 12.1 Å². The summed E-state index contributed by atoms with van der Waals surface area (Å²) in [5.74, 6) is 1.38. The molecule has 1 heterocycles. The van der Waals surface area contributed by atoms with Gasteiger partial charge in [0, 0.05) is 12.1 Å². The Balaban J connectivity index is 2.49. The van der Waals surface area contributed by atoms with Crippen molar-refractivity contribution >= 4 is 31.9 Å². The first-order valence-electron chi connectivity index (χ1n) is 5.60. The topological polar surface area (TPSA) is 30.7 Å². The Morgan fingerprint density at radius 2 is 2.11 bits per heavy atom. The Kier molecular flexibility index (Phi) is 4.50. The maximum atomic E-state index is 13.2. The molecule has 0 aliphatic heterocycles. The molecule has 0 unspecified atom stereocenters. The van der Waals surface area contributed by atoms with Crippen molar-refractivity contribution in [1.29, 1.82) is 0 Å². The van der Waals surface area contributed by atoms with E-state index in [4.69, 9.17) is 0 Å². The van der Waals surface area contributed by atoms with Crippen molar-refractivity contribution < 1.29 is 4.39 Å². The van der Waals surface area contributed by atoms with E-state index in [-0.39, 0.29) is 5.82 Å². The highest BCUT2D eigenvalue weighted by molar-refractivity contribution is 9.10. The molecule has 1 aromatic carbocycles. The molecule has 0 N–H and O–H groups in total. The first-order valence-corrected chi connectivity index (χ1v) is 7.52. The lowest BCUT2D eigenvalue weighted by atomic mass is 10.2. The fraction of sp³-hybridized carbons (Fsp3) is 0.333. The third-order valence-corrected chi connectivity index (χ3v) is 3.68. The Morgan fingerprint density at radius 3 is 2.72 bits per heavy atom. The van der Waals surface area contributed by atoms with E-state index >= 15 is 0 Å². The quantitative estimate of drug-likeness (QED) is 0.750. The van der Waals surface area contributed by atoms with Gasteiger partial charge in [-0.15, -0.1) is 10.2 Å². The highest BCUT2D eigenvalue weighted by Crippen LogP contribution is 2.25. The molecule has 0 radical (unpaired) electrons. The van der Waals surface area contributed by atoms with Crippen molar-refractivity contribution in [3.05, 3.63) is 34.3 Å². The van der Waals surface area contributed by atoms with Gasteiger partial charge in [0.05, 0.1) is 9.80 Å². The van der Waals surface area contributed by atoms with Crippen LogP contribution >= 0.6 is 31.9 Å². The Labute approximate surface area is 122 Å². The summed E-state index contributed by atoms with van der Waals surface area (Å²) in [6.45, 7) is 2.95. The third-order valence-electron chi connectivity index (χ3n) is 2.57. The Hall–Kier alpha value is -0.750. The molecule has 96 valence electrons. The highest BCUT2D eigenvalue weighted by atomic mass is 79.9. The van der Waals surface area contributed by atoms with Crippen molar-refractivity contribution in [3.8, 4) is 11.4 Å². The Bertz CT molecular complexity index is 554. The lowest BCUT2D eigenvalue weighted by Gasteiger charge is -2.08. The van der Waals surface area contributed by atoms with Crippen LogP contribution in [0, 0.1) is 5.82 Å². The van der Waals surface area contributed by atoms with Crippen molar-refractivity contribution in [2.45, 2.75) is 25.2 Å². The molecule has 0 spiro atoms. The fourth-order valence-electron chi connectivity index (χ4n) is 1.74. The number of rotatable bonds is 4. The molecule has 0 aliphatic carbocycles. The minimum atomic E-state index is -0.277. The number of aromatic nitrogens is 3. The maximum absolute atomic E-state index is 13.2. The van der Waals surface area contributed by atoms with Crippen LogP contribution in [0.1, 0.15) is 19.2 Å². The highest BCUT2D eigenvalue weighted by Gasteiger charge is 2.13. The molecule has 0 bridgehead atoms. The summed E-state index contributed by atoms with van der Waals surface area (Å²) in [6, 6.07) is 4.87. The molecule has 0 saturated carbocycles. The van der Waals surface area contributed by atoms with Crippen LogP contribution in [0.5, 0.6) is 0 Å². The summed E-state index contributed by atoms with van der Waals surface area (Å²) in [5, 5.41) is 8.98. The predicted molar refractivity (Wildman–Crippen MR) is 76.0 cm³/mol. The third kappa shape index (κ3) is 2.64. The van der Waals surface area contributed by atoms with Crippen molar-refractivity contribution in [2.75, 3.05) is 0 Å². The average molecular weight is 377 g/mol. The molecule has 0 atom stereocenters. The van der Waals surface area contributed by atoms with Crippen LogP contribution in [-0.4, -0.2) is 14.8 Å². The summed E-state index contributed by atoms with van der Waals surface area (Å²) in [5.41, 5.74) is 0.858. The fourth-order valence-corrected chi connectivity index (χ4v) is 2.54. The number of hydrogen-bond donors (Lipinski definition) is 0. The summed E-state index contributed by atoms with van der Waals surface area (Å²) in [6.07, 6.45) is 0.993. The smallest absolute Gasteiger partial charge is 0.164 e. The van der Waals surface area contributed by atoms with Gasteiger partial charge in [-0.05, 0) is 40.5 Å². The minimum Gasteiger partial charge on any atom is -0.310 e. The van der Waals surface area contributed by atoms with Crippen molar-refractivity contribution in [3.63, 3.8) is 0 Å². The molecule has 0 saturated heterocycles. The molecule has 0 aliphatic rings. The molecule has 3 nitrogen and oxygen atoms in total. The SMILES string of the molecule is CCCn1c(CBr)nnc1-c1ccc(F)c(Br)c1. The molecule has 0 amide bonds. The number of halogens is 3. The van der Waals surface area contributed by atoms with Gasteiger partial charge in [-0.1, -0.05) is 22.9 Å². The van der Waals surface area contributed by atoms with E-state index in [0.717, 1.165) is 30.2 Å². The zero-order chi connectivity index (χ0) is 13.1. The van der Waals surface area contributed by atoms with E-state index in [9.17, 15) is 4.39 Å². The molecule has 1 aromatic heterocycles. The lowest BCUT2D eigenvalue weighted by molar-refractivity contribution is 0.621. The second-order valence-electron chi connectivity index (χ2n) is 3.85. The van der Waals surface area contributed by atoms with E-state index < -0.39 is 0 Å². The van der Waals surface area contributed by atoms with Gasteiger partial charge in [0.1, 0.15) is 11.6 Å². The summed E-state index contributed by atoms with van der Waals surface area (Å²) in [4.78, 5) is 0. The van der Waals surface area contributed by atoms with Crippen LogP contribution < -0.4 is 0 Å². The van der Waals surface area contributed by atoms with Gasteiger partial charge in [-0.2, -0.15) is 0 Å². The number of benzene rings is 1. The van der Waals surface area contributed by atoms with Crippen LogP contribution in [0.25, 0.3) is 11.4 Å². The van der Waals surface area contributed by atoms with Crippen LogP contribution in [0.15, 0.2) is 22.7 Å². The average Bonchev–Trinajstić information content (AvgIpc) is 2.76. The second-order valence-corrected chi connectivity index (χ2v) is 5.27. The lowest BCUT2D eigenvalue weighted by Crippen LogP contribution is -2.03. The van der Waals surface area contributed by atoms with Gasteiger partial charge in [0.2, 0.25) is 0 Å². The predicted octanol–water partition coefficient (Wildman–Crippen LogP) is 4.15. The second kappa shape index (κ2) is 5.93. The van der Waals surface area contributed by atoms with Gasteiger partial charge in [0.15, 0.2) is 5.82 Å². The largest absolute Gasteiger partial charge is 0.310 e. The van der Waals surface area contributed by atoms with E-state index in [1.165, 1.54) is 6.07 Å². The molecule has 18 heavy (non-hydrogen) atoms. The van der Waals surface area contributed by atoms with E-state index in [0.29, 0.717) is 9.80 Å². The van der Waals surface area contributed by atoms with Crippen LogP contribution in [-0.2, 0) is 11.9 Å². The number of alkyl halides is 1. The normalized spacial score (nSPS) is 10.9. The summed E-state index contributed by atoms with van der Waals surface area (Å²) in [7, 11) is 0. The van der Waals surface area contributed by atoms with Gasteiger partial charge in [-0.3, -0.25) is 0 Å². The first kappa shape index (κ1) is 13.7. The van der Waals surface area contributed by atoms with Crippen LogP contribution in [0.3, 0.4) is 0 Å². The summed E-state index contributed by atoms with van der Waals surface area (Å²) >= 11 is 6.59. The van der Waals surface area contributed by atoms with Crippen LogP contribution in [0.4, 0.5) is 4.39 Å². The zero-order valence-electron chi connectivity index (χ0n) is 9.83. The maximum Gasteiger partial charge on any atom is 0.164 e. The summed E-state index contributed by atoms with van der Waals surface area (Å²) < 4.78 is 15.7. The van der Waals surface area contributed by atoms with Gasteiger partial charge >= 0.3 is 0 Å². The minimum absolute atomic E-state index is 0.277. The van der Waals surface area contributed by atoms with E-state index in [1.807, 2.05) is 0 Å². The molecular formula is C12H12Br2FN3. The first-order chi connectivity index (χ1) is 8.67.